The quantitative estimate of drug-likeness (QED) is 0.0486. The number of rotatable bonds is 36. The largest absolute Gasteiger partial charge is 0.446 e. The molecule has 1 unspecified atom stereocenters. The predicted octanol–water partition coefficient (Wildman–Crippen LogP) is 14.2. The molecular weight excluding hydrogens is 601 g/mol. The van der Waals surface area contributed by atoms with E-state index in [-0.39, 0.29) is 12.2 Å². The monoisotopic (exact) mass is 685 g/mol. The molecule has 0 aromatic carbocycles. The third-order valence-corrected chi connectivity index (χ3v) is 9.61. The van der Waals surface area contributed by atoms with Gasteiger partial charge in [0.1, 0.15) is 6.10 Å². The van der Waals surface area contributed by atoms with E-state index >= 15 is 0 Å². The van der Waals surface area contributed by atoms with Crippen LogP contribution in [0.15, 0.2) is 48.6 Å². The summed E-state index contributed by atoms with van der Waals surface area (Å²) < 4.78 is 6.09. The molecule has 0 radical (unpaired) electrons. The first-order valence-corrected chi connectivity index (χ1v) is 21.2. The van der Waals surface area contributed by atoms with E-state index in [1.807, 2.05) is 7.05 Å². The highest BCUT2D eigenvalue weighted by Crippen LogP contribution is 2.18. The number of carbonyl (C=O) groups is 1. The van der Waals surface area contributed by atoms with E-state index in [9.17, 15) is 4.79 Å². The Bertz CT molecular complexity index is 754. The molecule has 49 heavy (non-hydrogen) atoms. The van der Waals surface area contributed by atoms with Crippen LogP contribution in [-0.2, 0) is 4.74 Å². The maximum atomic E-state index is 12.9. The lowest BCUT2D eigenvalue weighted by Crippen LogP contribution is -2.33. The van der Waals surface area contributed by atoms with Crippen LogP contribution in [0.2, 0.25) is 0 Å². The first-order valence-electron chi connectivity index (χ1n) is 21.2. The van der Waals surface area contributed by atoms with Crippen molar-refractivity contribution in [1.82, 2.24) is 9.80 Å². The summed E-state index contributed by atoms with van der Waals surface area (Å²) in [6, 6.07) is 0. The van der Waals surface area contributed by atoms with Gasteiger partial charge in [-0.1, -0.05) is 146 Å². The van der Waals surface area contributed by atoms with E-state index in [4.69, 9.17) is 4.74 Å². The van der Waals surface area contributed by atoms with Gasteiger partial charge in [0.15, 0.2) is 0 Å². The van der Waals surface area contributed by atoms with Gasteiger partial charge in [0.2, 0.25) is 0 Å². The van der Waals surface area contributed by atoms with Crippen molar-refractivity contribution in [3.63, 3.8) is 0 Å². The van der Waals surface area contributed by atoms with Crippen molar-refractivity contribution in [3.05, 3.63) is 48.6 Å². The molecule has 0 aromatic rings. The summed E-state index contributed by atoms with van der Waals surface area (Å²) in [7, 11) is 4.03. The van der Waals surface area contributed by atoms with Gasteiger partial charge in [-0.05, 0) is 116 Å². The molecule has 1 amide bonds. The lowest BCUT2D eigenvalue weighted by atomic mass is 10.0. The molecule has 0 aliphatic heterocycles. The first-order chi connectivity index (χ1) is 24.0. The minimum Gasteiger partial charge on any atom is -0.446 e. The molecule has 0 spiro atoms. The molecule has 0 bridgehead atoms. The molecule has 1 atom stereocenters. The van der Waals surface area contributed by atoms with Gasteiger partial charge in [-0.3, -0.25) is 0 Å². The van der Waals surface area contributed by atoms with Crippen molar-refractivity contribution in [2.24, 2.45) is 0 Å². The molecule has 0 heterocycles. The predicted molar refractivity (Wildman–Crippen MR) is 219 cm³/mol. The van der Waals surface area contributed by atoms with Gasteiger partial charge in [0, 0.05) is 13.6 Å². The Labute approximate surface area is 307 Å². The Balaban J connectivity index is 4.23. The number of nitrogens with zero attached hydrogens (tertiary/aromatic N) is 2. The molecule has 0 aromatic heterocycles. The molecule has 0 aliphatic rings. The molecule has 0 rings (SSSR count). The van der Waals surface area contributed by atoms with Gasteiger partial charge in [0.05, 0.1) is 0 Å². The van der Waals surface area contributed by atoms with E-state index in [0.717, 1.165) is 64.6 Å². The number of allylic oxidation sites excluding steroid dienone is 8. The first kappa shape index (κ1) is 47.2. The highest BCUT2D eigenvalue weighted by Gasteiger charge is 2.17. The van der Waals surface area contributed by atoms with Gasteiger partial charge < -0.3 is 14.5 Å². The van der Waals surface area contributed by atoms with Gasteiger partial charge in [-0.25, -0.2) is 4.79 Å². The van der Waals surface area contributed by atoms with Crippen molar-refractivity contribution in [2.45, 2.75) is 200 Å². The minimum atomic E-state index is -0.135. The van der Waals surface area contributed by atoms with E-state index in [1.54, 1.807) is 4.90 Å². The summed E-state index contributed by atoms with van der Waals surface area (Å²) >= 11 is 0. The minimum absolute atomic E-state index is 0.0601. The second kappa shape index (κ2) is 39.0. The van der Waals surface area contributed by atoms with Crippen LogP contribution in [-0.4, -0.2) is 55.7 Å². The fraction of sp³-hybridized carbons (Fsp3) is 0.800. The van der Waals surface area contributed by atoms with Crippen LogP contribution in [0.1, 0.15) is 194 Å². The van der Waals surface area contributed by atoms with Crippen molar-refractivity contribution < 1.29 is 9.53 Å². The molecule has 4 heteroatoms. The standard InChI is InChI=1S/C45H84N2O2/c1-6-9-11-13-15-17-19-21-23-25-27-29-31-33-35-37-40-44(49-45(48)47(5)43-39-42-46(4)8-3)41-38-36-34-32-30-28-26-24-22-20-18-16-14-12-10-7-2/h15-18,21-24,44H,6-14,19-20,25-43H2,1-5H3/b17-15-,18-16?,23-21-,24-22-. The lowest BCUT2D eigenvalue weighted by molar-refractivity contribution is 0.0576. The number of carbonyl (C=O) groups excluding carboxylic acids is 1. The molecule has 0 N–H and O–H groups in total. The zero-order chi connectivity index (χ0) is 35.9. The van der Waals surface area contributed by atoms with E-state index < -0.39 is 0 Å². The van der Waals surface area contributed by atoms with Gasteiger partial charge in [-0.2, -0.15) is 0 Å². The van der Waals surface area contributed by atoms with Gasteiger partial charge in [0.25, 0.3) is 0 Å². The van der Waals surface area contributed by atoms with Crippen LogP contribution in [0.25, 0.3) is 0 Å². The zero-order valence-electron chi connectivity index (χ0n) is 33.6. The van der Waals surface area contributed by atoms with Crippen molar-refractivity contribution in [3.8, 4) is 0 Å². The Kier molecular flexibility index (Phi) is 37.5. The zero-order valence-corrected chi connectivity index (χ0v) is 33.6. The van der Waals surface area contributed by atoms with Crippen LogP contribution in [0, 0.1) is 0 Å². The molecular formula is C45H84N2O2. The molecule has 0 fully saturated rings. The van der Waals surface area contributed by atoms with Gasteiger partial charge >= 0.3 is 6.09 Å². The Morgan fingerprint density at radius 2 is 0.878 bits per heavy atom. The van der Waals surface area contributed by atoms with Crippen molar-refractivity contribution in [2.75, 3.05) is 33.7 Å². The van der Waals surface area contributed by atoms with Crippen molar-refractivity contribution in [1.29, 1.82) is 0 Å². The molecule has 286 valence electrons. The van der Waals surface area contributed by atoms with E-state index in [2.05, 4.69) is 81.3 Å². The number of hydrogen-bond acceptors (Lipinski definition) is 3. The normalized spacial score (nSPS) is 12.9. The number of amides is 1. The van der Waals surface area contributed by atoms with Gasteiger partial charge in [-0.15, -0.1) is 0 Å². The van der Waals surface area contributed by atoms with Crippen LogP contribution < -0.4 is 0 Å². The lowest BCUT2D eigenvalue weighted by Gasteiger charge is -2.23. The number of ether oxygens (including phenoxy) is 1. The maximum Gasteiger partial charge on any atom is 0.409 e. The van der Waals surface area contributed by atoms with Crippen molar-refractivity contribution >= 4 is 6.09 Å². The fourth-order valence-corrected chi connectivity index (χ4v) is 6.04. The number of unbranched alkanes of at least 4 members (excludes halogenated alkanes) is 18. The number of hydrogen-bond donors (Lipinski definition) is 0. The second-order valence-electron chi connectivity index (χ2n) is 14.4. The topological polar surface area (TPSA) is 32.8 Å². The summed E-state index contributed by atoms with van der Waals surface area (Å²) in [6.07, 6.45) is 51.9. The SMILES string of the molecule is CCCCCC=CC/C=C\CCCCCCCCC(CCCCCCCC/C=C\C/C=C\CCCCC)OC(=O)N(C)CCCN(C)CC. The molecule has 0 aliphatic carbocycles. The summed E-state index contributed by atoms with van der Waals surface area (Å²) in [4.78, 5) is 17.0. The summed E-state index contributed by atoms with van der Waals surface area (Å²) in [5.41, 5.74) is 0. The van der Waals surface area contributed by atoms with Crippen LogP contribution in [0.4, 0.5) is 4.79 Å². The van der Waals surface area contributed by atoms with Crippen LogP contribution in [0.5, 0.6) is 0 Å². The summed E-state index contributed by atoms with van der Waals surface area (Å²) in [5, 5.41) is 0. The van der Waals surface area contributed by atoms with E-state index in [1.165, 1.54) is 128 Å². The Morgan fingerprint density at radius 3 is 1.29 bits per heavy atom. The fourth-order valence-electron chi connectivity index (χ4n) is 6.04. The highest BCUT2D eigenvalue weighted by molar-refractivity contribution is 5.67. The average Bonchev–Trinajstić information content (AvgIpc) is 3.10. The molecule has 0 saturated heterocycles. The Morgan fingerprint density at radius 1 is 0.490 bits per heavy atom. The smallest absolute Gasteiger partial charge is 0.409 e. The maximum absolute atomic E-state index is 12.9. The second-order valence-corrected chi connectivity index (χ2v) is 14.4. The molecule has 0 saturated carbocycles. The molecule has 4 nitrogen and oxygen atoms in total. The van der Waals surface area contributed by atoms with Crippen LogP contribution in [0.3, 0.4) is 0 Å². The third-order valence-electron chi connectivity index (χ3n) is 9.61. The third kappa shape index (κ3) is 35.8. The Hall–Kier alpha value is -1.81. The van der Waals surface area contributed by atoms with Crippen LogP contribution >= 0.6 is 0 Å². The summed E-state index contributed by atoms with van der Waals surface area (Å²) in [6.45, 7) is 9.50. The summed E-state index contributed by atoms with van der Waals surface area (Å²) in [5.74, 6) is 0. The average molecular weight is 685 g/mol. The highest BCUT2D eigenvalue weighted by atomic mass is 16.6. The van der Waals surface area contributed by atoms with E-state index in [0.29, 0.717) is 0 Å².